The lowest BCUT2D eigenvalue weighted by molar-refractivity contribution is 0.102. The van der Waals surface area contributed by atoms with Crippen LogP contribution >= 0.6 is 0 Å². The van der Waals surface area contributed by atoms with Crippen LogP contribution in [0.4, 0.5) is 11.5 Å². The molecule has 2 aromatic rings. The molecule has 2 rings (SSSR count). The molecule has 0 aromatic carbocycles. The number of pyridine rings is 2. The molecule has 0 aliphatic heterocycles. The summed E-state index contributed by atoms with van der Waals surface area (Å²) in [5, 5.41) is 5.71. The molecule has 2 N–H and O–H groups in total. The van der Waals surface area contributed by atoms with Gasteiger partial charge in [0.15, 0.2) is 0 Å². The summed E-state index contributed by atoms with van der Waals surface area (Å²) in [5.41, 5.74) is 2.15. The molecule has 0 radical (unpaired) electrons. The Bertz CT molecular complexity index is 568. The maximum atomic E-state index is 12.0. The van der Waals surface area contributed by atoms with Gasteiger partial charge in [0.05, 0.1) is 0 Å². The fourth-order valence-corrected chi connectivity index (χ4v) is 1.54. The number of amides is 1. The molecule has 2 heterocycles. The number of hydrogen-bond donors (Lipinski definition) is 2. The molecular formula is C13H14N4O. The van der Waals surface area contributed by atoms with Gasteiger partial charge in [-0.2, -0.15) is 0 Å². The molecule has 0 fully saturated rings. The predicted molar refractivity (Wildman–Crippen MR) is 70.7 cm³/mol. The number of aromatic nitrogens is 2. The lowest BCUT2D eigenvalue weighted by Crippen LogP contribution is -2.12. The largest absolute Gasteiger partial charge is 0.373 e. The Morgan fingerprint density at radius 1 is 1.17 bits per heavy atom. The molecule has 0 spiro atoms. The first-order chi connectivity index (χ1) is 8.69. The highest BCUT2D eigenvalue weighted by molar-refractivity contribution is 6.04. The van der Waals surface area contributed by atoms with E-state index in [1.165, 1.54) is 0 Å². The minimum Gasteiger partial charge on any atom is -0.373 e. The molecule has 5 heteroatoms. The van der Waals surface area contributed by atoms with Crippen molar-refractivity contribution in [2.75, 3.05) is 17.7 Å². The second-order valence-corrected chi connectivity index (χ2v) is 3.82. The smallest absolute Gasteiger partial charge is 0.255 e. The molecular weight excluding hydrogens is 228 g/mol. The van der Waals surface area contributed by atoms with Gasteiger partial charge in [-0.3, -0.25) is 9.78 Å². The number of anilines is 2. The Morgan fingerprint density at radius 2 is 1.94 bits per heavy atom. The summed E-state index contributed by atoms with van der Waals surface area (Å²) in [7, 11) is 1.76. The Kier molecular flexibility index (Phi) is 3.52. The Morgan fingerprint density at radius 3 is 2.67 bits per heavy atom. The fraction of sp³-hybridized carbons (Fsp3) is 0.154. The first-order valence-electron chi connectivity index (χ1n) is 5.57. The van der Waals surface area contributed by atoms with Crippen LogP contribution in [0.5, 0.6) is 0 Å². The van der Waals surface area contributed by atoms with Gasteiger partial charge in [0.2, 0.25) is 0 Å². The van der Waals surface area contributed by atoms with Gasteiger partial charge in [0.1, 0.15) is 5.82 Å². The van der Waals surface area contributed by atoms with Gasteiger partial charge in [-0.15, -0.1) is 0 Å². The molecule has 0 bridgehead atoms. The van der Waals surface area contributed by atoms with E-state index in [0.717, 1.165) is 11.4 Å². The first-order valence-corrected chi connectivity index (χ1v) is 5.57. The van der Waals surface area contributed by atoms with Crippen LogP contribution in [0.1, 0.15) is 16.1 Å². The summed E-state index contributed by atoms with van der Waals surface area (Å²) in [4.78, 5) is 20.1. The van der Waals surface area contributed by atoms with Crippen molar-refractivity contribution in [2.45, 2.75) is 6.92 Å². The summed E-state index contributed by atoms with van der Waals surface area (Å²) >= 11 is 0. The lowest BCUT2D eigenvalue weighted by atomic mass is 10.2. The van der Waals surface area contributed by atoms with Crippen molar-refractivity contribution in [3.63, 3.8) is 0 Å². The second-order valence-electron chi connectivity index (χ2n) is 3.82. The van der Waals surface area contributed by atoms with Crippen molar-refractivity contribution in [3.05, 3.63) is 47.9 Å². The highest BCUT2D eigenvalue weighted by Crippen LogP contribution is 2.11. The van der Waals surface area contributed by atoms with E-state index in [1.807, 2.05) is 13.0 Å². The van der Waals surface area contributed by atoms with Gasteiger partial charge in [-0.05, 0) is 31.2 Å². The summed E-state index contributed by atoms with van der Waals surface area (Å²) in [6, 6.07) is 6.94. The van der Waals surface area contributed by atoms with E-state index in [9.17, 15) is 4.79 Å². The van der Waals surface area contributed by atoms with Crippen LogP contribution in [-0.4, -0.2) is 22.9 Å². The van der Waals surface area contributed by atoms with Crippen LogP contribution in [0.3, 0.4) is 0 Å². The molecule has 1 amide bonds. The number of aryl methyl sites for hydroxylation is 1. The summed E-state index contributed by atoms with van der Waals surface area (Å²) in [5.74, 6) is 0.494. The standard InChI is InChI=1S/C13H14N4O/c1-9-7-11(4-6-15-9)17-13(18)10-3-5-16-12(8-10)14-2/h3-8H,1-2H3,(H,14,16)(H,15,17,18). The van der Waals surface area contributed by atoms with Crippen LogP contribution in [-0.2, 0) is 0 Å². The molecule has 0 saturated heterocycles. The number of carbonyl (C=O) groups is 1. The molecule has 0 atom stereocenters. The van der Waals surface area contributed by atoms with Crippen LogP contribution in [0.15, 0.2) is 36.7 Å². The van der Waals surface area contributed by atoms with E-state index in [1.54, 1.807) is 37.6 Å². The van der Waals surface area contributed by atoms with Crippen molar-refractivity contribution in [2.24, 2.45) is 0 Å². The van der Waals surface area contributed by atoms with Crippen molar-refractivity contribution in [1.82, 2.24) is 9.97 Å². The zero-order valence-corrected chi connectivity index (χ0v) is 10.3. The lowest BCUT2D eigenvalue weighted by Gasteiger charge is -2.06. The van der Waals surface area contributed by atoms with Crippen LogP contribution in [0.2, 0.25) is 0 Å². The van der Waals surface area contributed by atoms with Gasteiger partial charge in [-0.1, -0.05) is 0 Å². The Balaban J connectivity index is 2.16. The van der Waals surface area contributed by atoms with Crippen LogP contribution in [0.25, 0.3) is 0 Å². The Hall–Kier alpha value is -2.43. The number of carbonyl (C=O) groups excluding carboxylic acids is 1. The summed E-state index contributed by atoms with van der Waals surface area (Å²) < 4.78 is 0. The van der Waals surface area contributed by atoms with E-state index >= 15 is 0 Å². The van der Waals surface area contributed by atoms with Crippen molar-refractivity contribution in [1.29, 1.82) is 0 Å². The normalized spacial score (nSPS) is 9.89. The third kappa shape index (κ3) is 2.82. The molecule has 92 valence electrons. The topological polar surface area (TPSA) is 66.9 Å². The number of rotatable bonds is 3. The zero-order valence-electron chi connectivity index (χ0n) is 10.3. The molecule has 0 aliphatic rings. The third-order valence-corrected chi connectivity index (χ3v) is 2.43. The summed E-state index contributed by atoms with van der Waals surface area (Å²) in [6.45, 7) is 1.88. The molecule has 0 aliphatic carbocycles. The molecule has 5 nitrogen and oxygen atoms in total. The Labute approximate surface area is 105 Å². The first kappa shape index (κ1) is 12.0. The summed E-state index contributed by atoms with van der Waals surface area (Å²) in [6.07, 6.45) is 3.26. The van der Waals surface area contributed by atoms with E-state index in [0.29, 0.717) is 11.4 Å². The molecule has 0 saturated carbocycles. The maximum absolute atomic E-state index is 12.0. The van der Waals surface area contributed by atoms with E-state index in [2.05, 4.69) is 20.6 Å². The monoisotopic (exact) mass is 242 g/mol. The average Bonchev–Trinajstić information content (AvgIpc) is 2.39. The second kappa shape index (κ2) is 5.27. The third-order valence-electron chi connectivity index (χ3n) is 2.43. The zero-order chi connectivity index (χ0) is 13.0. The van der Waals surface area contributed by atoms with E-state index in [-0.39, 0.29) is 5.91 Å². The van der Waals surface area contributed by atoms with Crippen LogP contribution < -0.4 is 10.6 Å². The maximum Gasteiger partial charge on any atom is 0.255 e. The van der Waals surface area contributed by atoms with Gasteiger partial charge in [0, 0.05) is 36.4 Å². The minimum atomic E-state index is -0.167. The highest BCUT2D eigenvalue weighted by Gasteiger charge is 2.07. The van der Waals surface area contributed by atoms with Crippen molar-refractivity contribution >= 4 is 17.4 Å². The number of nitrogens with zero attached hydrogens (tertiary/aromatic N) is 2. The fourth-order valence-electron chi connectivity index (χ4n) is 1.54. The van der Waals surface area contributed by atoms with E-state index < -0.39 is 0 Å². The number of hydrogen-bond acceptors (Lipinski definition) is 4. The molecule has 2 aromatic heterocycles. The van der Waals surface area contributed by atoms with Gasteiger partial charge in [-0.25, -0.2) is 4.98 Å². The highest BCUT2D eigenvalue weighted by atomic mass is 16.1. The van der Waals surface area contributed by atoms with Gasteiger partial charge < -0.3 is 10.6 Å². The quantitative estimate of drug-likeness (QED) is 0.864. The molecule has 18 heavy (non-hydrogen) atoms. The van der Waals surface area contributed by atoms with Gasteiger partial charge in [0.25, 0.3) is 5.91 Å². The van der Waals surface area contributed by atoms with E-state index in [4.69, 9.17) is 0 Å². The minimum absolute atomic E-state index is 0.167. The average molecular weight is 242 g/mol. The molecule has 0 unspecified atom stereocenters. The predicted octanol–water partition coefficient (Wildman–Crippen LogP) is 2.08. The SMILES string of the molecule is CNc1cc(C(=O)Nc2ccnc(C)c2)ccn1. The number of nitrogens with one attached hydrogen (secondary N) is 2. The van der Waals surface area contributed by atoms with Crippen molar-refractivity contribution < 1.29 is 4.79 Å². The van der Waals surface area contributed by atoms with Crippen molar-refractivity contribution in [3.8, 4) is 0 Å². The van der Waals surface area contributed by atoms with Gasteiger partial charge >= 0.3 is 0 Å². The van der Waals surface area contributed by atoms with Crippen LogP contribution in [0, 0.1) is 6.92 Å².